The van der Waals surface area contributed by atoms with Gasteiger partial charge in [-0.1, -0.05) is 17.9 Å². The number of nitrogens with zero attached hydrogens (tertiary/aromatic N) is 2. The molecule has 0 fully saturated rings. The molecule has 0 radical (unpaired) electrons. The zero-order chi connectivity index (χ0) is 23.1. The van der Waals surface area contributed by atoms with Gasteiger partial charge < -0.3 is 19.1 Å². The molecule has 166 valence electrons. The van der Waals surface area contributed by atoms with Crippen LogP contribution in [0.2, 0.25) is 0 Å². The van der Waals surface area contributed by atoms with Crippen LogP contribution in [0, 0.1) is 11.8 Å². The van der Waals surface area contributed by atoms with E-state index in [1.165, 1.54) is 32.4 Å². The molecule has 32 heavy (non-hydrogen) atoms. The van der Waals surface area contributed by atoms with Crippen LogP contribution in [0.25, 0.3) is 0 Å². The normalized spacial score (nSPS) is 14.2. The Morgan fingerprint density at radius 2 is 2.03 bits per heavy atom. The van der Waals surface area contributed by atoms with Gasteiger partial charge in [0, 0.05) is 30.1 Å². The van der Waals surface area contributed by atoms with Crippen molar-refractivity contribution in [3.05, 3.63) is 59.4 Å². The highest BCUT2D eigenvalue weighted by Gasteiger charge is 2.44. The van der Waals surface area contributed by atoms with E-state index in [0.717, 1.165) is 5.56 Å². The van der Waals surface area contributed by atoms with Gasteiger partial charge in [-0.2, -0.15) is 0 Å². The summed E-state index contributed by atoms with van der Waals surface area (Å²) in [4.78, 5) is 43.6. The number of alkyl carbamates (subject to hydrolysis) is 1. The van der Waals surface area contributed by atoms with Gasteiger partial charge in [-0.25, -0.2) is 9.59 Å². The Balaban J connectivity index is 2.01. The molecule has 1 aromatic heterocycles. The van der Waals surface area contributed by atoms with E-state index in [1.807, 2.05) is 6.07 Å². The standard InChI is InChI=1S/C23H23N3O6/c1-30-18-7-6-17-9-12-26(20(27)19(17)13-18)15-23(21(28)31-2,25-22(29)32-3)10-8-16-5-4-11-24-14-16/h4-7,11,13-14H,9,12,15H2,1-3H3,(H,25,29). The van der Waals surface area contributed by atoms with E-state index in [4.69, 9.17) is 14.2 Å². The first-order chi connectivity index (χ1) is 15.4. The number of methoxy groups -OCH3 is 3. The SMILES string of the molecule is COC(=O)NC(C#Cc1cccnc1)(CN1CCc2ccc(OC)cc2C1=O)C(=O)OC. The van der Waals surface area contributed by atoms with Crippen LogP contribution in [0.3, 0.4) is 0 Å². The van der Waals surface area contributed by atoms with Crippen molar-refractivity contribution in [1.82, 2.24) is 15.2 Å². The summed E-state index contributed by atoms with van der Waals surface area (Å²) in [6.45, 7) is 0.0891. The van der Waals surface area contributed by atoms with Crippen LogP contribution in [0.5, 0.6) is 5.75 Å². The summed E-state index contributed by atoms with van der Waals surface area (Å²) in [6.07, 6.45) is 2.78. The summed E-state index contributed by atoms with van der Waals surface area (Å²) >= 11 is 0. The summed E-state index contributed by atoms with van der Waals surface area (Å²) < 4.78 is 14.9. The molecule has 9 nitrogen and oxygen atoms in total. The number of esters is 1. The number of carbonyl (C=O) groups excluding carboxylic acids is 3. The minimum absolute atomic E-state index is 0.239. The van der Waals surface area contributed by atoms with Crippen molar-refractivity contribution >= 4 is 18.0 Å². The lowest BCUT2D eigenvalue weighted by molar-refractivity contribution is -0.146. The predicted octanol–water partition coefficient (Wildman–Crippen LogP) is 1.41. The molecule has 0 spiro atoms. The van der Waals surface area contributed by atoms with Gasteiger partial charge in [0.2, 0.25) is 5.54 Å². The maximum atomic E-state index is 13.2. The van der Waals surface area contributed by atoms with Crippen LogP contribution in [-0.4, -0.2) is 67.8 Å². The van der Waals surface area contributed by atoms with Gasteiger partial charge in [-0.15, -0.1) is 0 Å². The maximum absolute atomic E-state index is 13.2. The van der Waals surface area contributed by atoms with E-state index < -0.39 is 17.6 Å². The van der Waals surface area contributed by atoms with E-state index in [9.17, 15) is 14.4 Å². The molecule has 1 unspecified atom stereocenters. The molecule has 1 aliphatic heterocycles. The highest BCUT2D eigenvalue weighted by atomic mass is 16.5. The maximum Gasteiger partial charge on any atom is 0.408 e. The average molecular weight is 437 g/mol. The van der Waals surface area contributed by atoms with Crippen molar-refractivity contribution in [2.24, 2.45) is 0 Å². The topological polar surface area (TPSA) is 107 Å². The van der Waals surface area contributed by atoms with E-state index in [-0.39, 0.29) is 12.5 Å². The fourth-order valence-electron chi connectivity index (χ4n) is 3.36. The molecule has 0 saturated carbocycles. The quantitative estimate of drug-likeness (QED) is 0.557. The van der Waals surface area contributed by atoms with E-state index >= 15 is 0 Å². The highest BCUT2D eigenvalue weighted by Crippen LogP contribution is 2.25. The first-order valence-electron chi connectivity index (χ1n) is 9.76. The Morgan fingerprint density at radius 3 is 2.69 bits per heavy atom. The molecule has 0 saturated heterocycles. The molecule has 1 aliphatic rings. The number of carbonyl (C=O) groups is 3. The van der Waals surface area contributed by atoms with Gasteiger partial charge in [0.05, 0.1) is 27.9 Å². The first-order valence-corrected chi connectivity index (χ1v) is 9.76. The van der Waals surface area contributed by atoms with Gasteiger partial charge in [0.25, 0.3) is 5.91 Å². The van der Waals surface area contributed by atoms with Crippen molar-refractivity contribution in [2.45, 2.75) is 12.0 Å². The minimum atomic E-state index is -1.86. The van der Waals surface area contributed by atoms with Gasteiger partial charge in [0.1, 0.15) is 5.75 Å². The zero-order valence-corrected chi connectivity index (χ0v) is 18.0. The number of pyridine rings is 1. The van der Waals surface area contributed by atoms with E-state index in [2.05, 4.69) is 22.1 Å². The molecule has 9 heteroatoms. The first kappa shape index (κ1) is 22.6. The number of nitrogens with one attached hydrogen (secondary N) is 1. The summed E-state index contributed by atoms with van der Waals surface area (Å²) in [5.74, 6) is 5.02. The molecule has 3 rings (SSSR count). The minimum Gasteiger partial charge on any atom is -0.497 e. The van der Waals surface area contributed by atoms with Crippen LogP contribution in [0.15, 0.2) is 42.7 Å². The second-order valence-electron chi connectivity index (χ2n) is 7.00. The number of aromatic nitrogens is 1. The third-order valence-corrected chi connectivity index (χ3v) is 5.03. The van der Waals surface area contributed by atoms with Crippen LogP contribution in [-0.2, 0) is 20.7 Å². The van der Waals surface area contributed by atoms with Crippen molar-refractivity contribution in [3.8, 4) is 17.6 Å². The summed E-state index contributed by atoms with van der Waals surface area (Å²) in [5.41, 5.74) is 0.00205. The van der Waals surface area contributed by atoms with Crippen molar-refractivity contribution in [1.29, 1.82) is 0 Å². The molecule has 2 amide bonds. The summed E-state index contributed by atoms with van der Waals surface area (Å²) in [6, 6.07) is 8.67. The molecule has 0 aliphatic carbocycles. The Bertz CT molecular complexity index is 1080. The van der Waals surface area contributed by atoms with Crippen LogP contribution >= 0.6 is 0 Å². The second kappa shape index (κ2) is 9.83. The van der Waals surface area contributed by atoms with Crippen LogP contribution in [0.4, 0.5) is 4.79 Å². The molecule has 0 bridgehead atoms. The number of amides is 2. The molecular formula is C23H23N3O6. The Hall–Kier alpha value is -4.06. The largest absolute Gasteiger partial charge is 0.497 e. The Kier molecular flexibility index (Phi) is 6.95. The van der Waals surface area contributed by atoms with Crippen molar-refractivity contribution in [2.75, 3.05) is 34.4 Å². The number of benzene rings is 1. The Labute approximate surface area is 185 Å². The lowest BCUT2D eigenvalue weighted by Gasteiger charge is -2.35. The molecule has 1 N–H and O–H groups in total. The number of ether oxygens (including phenoxy) is 3. The highest BCUT2D eigenvalue weighted by molar-refractivity contribution is 5.98. The summed E-state index contributed by atoms with van der Waals surface area (Å²) in [5, 5.41) is 2.47. The van der Waals surface area contributed by atoms with Gasteiger partial charge in [0.15, 0.2) is 0 Å². The fourth-order valence-corrected chi connectivity index (χ4v) is 3.36. The van der Waals surface area contributed by atoms with Gasteiger partial charge >= 0.3 is 12.1 Å². The molecule has 2 aromatic rings. The smallest absolute Gasteiger partial charge is 0.408 e. The molecule has 1 aromatic carbocycles. The second-order valence-corrected chi connectivity index (χ2v) is 7.00. The number of hydrogen-bond acceptors (Lipinski definition) is 7. The van der Waals surface area contributed by atoms with Crippen molar-refractivity contribution < 1.29 is 28.6 Å². The monoisotopic (exact) mass is 437 g/mol. The third kappa shape index (κ3) is 4.81. The lowest BCUT2D eigenvalue weighted by Crippen LogP contribution is -2.62. The molecule has 1 atom stereocenters. The van der Waals surface area contributed by atoms with Gasteiger partial charge in [-0.3, -0.25) is 15.1 Å². The average Bonchev–Trinajstić information content (AvgIpc) is 2.84. The lowest BCUT2D eigenvalue weighted by atomic mass is 9.94. The third-order valence-electron chi connectivity index (χ3n) is 5.03. The number of fused-ring (bicyclic) bond motifs is 1. The molecule has 2 heterocycles. The Morgan fingerprint density at radius 1 is 1.22 bits per heavy atom. The molecular weight excluding hydrogens is 414 g/mol. The van der Waals surface area contributed by atoms with Gasteiger partial charge in [-0.05, 0) is 36.2 Å². The predicted molar refractivity (Wildman–Crippen MR) is 114 cm³/mol. The van der Waals surface area contributed by atoms with Crippen molar-refractivity contribution in [3.63, 3.8) is 0 Å². The van der Waals surface area contributed by atoms with Crippen LogP contribution < -0.4 is 10.1 Å². The van der Waals surface area contributed by atoms with E-state index in [0.29, 0.717) is 29.8 Å². The zero-order valence-electron chi connectivity index (χ0n) is 18.0. The fraction of sp³-hybridized carbons (Fsp3) is 0.304. The van der Waals surface area contributed by atoms with E-state index in [1.54, 1.807) is 30.5 Å². The summed E-state index contributed by atoms with van der Waals surface area (Å²) in [7, 11) is 3.86. The number of hydrogen-bond donors (Lipinski definition) is 1. The van der Waals surface area contributed by atoms with Crippen LogP contribution in [0.1, 0.15) is 21.5 Å². The number of rotatable bonds is 5.